The molecule has 0 spiro atoms. The average molecular weight is 404 g/mol. The summed E-state index contributed by atoms with van der Waals surface area (Å²) in [5, 5.41) is -0.116. The van der Waals surface area contributed by atoms with Crippen LogP contribution in [-0.2, 0) is 25.5 Å². The number of ketones is 1. The van der Waals surface area contributed by atoms with E-state index in [2.05, 4.69) is 58.9 Å². The van der Waals surface area contributed by atoms with Crippen molar-refractivity contribution in [1.29, 1.82) is 0 Å². The quantitative estimate of drug-likeness (QED) is 0.714. The molecule has 0 aromatic heterocycles. The van der Waals surface area contributed by atoms with E-state index in [0.717, 1.165) is 18.6 Å². The number of thioether (sulfide) groups is 1. The molecule has 5 heteroatoms. The number of likely N-dealkylation sites (tertiary alicyclic amines) is 1. The smallest absolute Gasteiger partial charge is 0.236 e. The molecule has 0 bridgehead atoms. The molecule has 3 atom stereocenters. The Kier molecular flexibility index (Phi) is 6.55. The Morgan fingerprint density at radius 1 is 1.25 bits per heavy atom. The van der Waals surface area contributed by atoms with Crippen LogP contribution in [0.1, 0.15) is 58.6 Å². The first-order chi connectivity index (χ1) is 13.2. The second-order valence-corrected chi connectivity index (χ2v) is 10.6. The molecule has 154 valence electrons. The van der Waals surface area contributed by atoms with Gasteiger partial charge in [0.1, 0.15) is 12.6 Å². The van der Waals surface area contributed by atoms with Crippen LogP contribution in [0.25, 0.3) is 0 Å². The largest absolute Gasteiger partial charge is 0.368 e. The van der Waals surface area contributed by atoms with Crippen molar-refractivity contribution < 1.29 is 14.3 Å². The second kappa shape index (κ2) is 8.58. The van der Waals surface area contributed by atoms with Gasteiger partial charge < -0.3 is 9.64 Å². The Labute approximate surface area is 173 Å². The Morgan fingerprint density at radius 3 is 2.54 bits per heavy atom. The van der Waals surface area contributed by atoms with Crippen LogP contribution in [0.5, 0.6) is 0 Å². The van der Waals surface area contributed by atoms with Crippen LogP contribution in [0, 0.1) is 5.92 Å². The van der Waals surface area contributed by atoms with Gasteiger partial charge in [-0.25, -0.2) is 0 Å². The van der Waals surface area contributed by atoms with Crippen LogP contribution in [-0.4, -0.2) is 47.1 Å². The first kappa shape index (κ1) is 21.4. The topological polar surface area (TPSA) is 46.6 Å². The van der Waals surface area contributed by atoms with Crippen molar-refractivity contribution in [1.82, 2.24) is 4.90 Å². The normalized spacial score (nSPS) is 23.4. The van der Waals surface area contributed by atoms with Gasteiger partial charge in [0.2, 0.25) is 5.91 Å². The van der Waals surface area contributed by atoms with Gasteiger partial charge in [0.05, 0.1) is 11.4 Å². The summed E-state index contributed by atoms with van der Waals surface area (Å²) in [5.74, 6) is 1.40. The summed E-state index contributed by atoms with van der Waals surface area (Å²) in [5.41, 5.74) is 2.70. The third-order valence-corrected chi connectivity index (χ3v) is 6.92. The van der Waals surface area contributed by atoms with Crippen LogP contribution in [0.15, 0.2) is 24.3 Å². The van der Waals surface area contributed by atoms with Gasteiger partial charge in [0, 0.05) is 12.3 Å². The lowest BCUT2D eigenvalue weighted by molar-refractivity contribution is -0.136. The summed E-state index contributed by atoms with van der Waals surface area (Å²) >= 11 is 1.70. The Morgan fingerprint density at radius 2 is 1.93 bits per heavy atom. The SMILES string of the molecule is CC(C)CC(SCc1ccc(C(C)(C)C)cc1)C(=O)N1CC[C@H]2OCC(=O)[C@H]21. The van der Waals surface area contributed by atoms with E-state index < -0.39 is 0 Å². The monoisotopic (exact) mass is 403 g/mol. The predicted molar refractivity (Wildman–Crippen MR) is 115 cm³/mol. The maximum Gasteiger partial charge on any atom is 0.236 e. The predicted octanol–water partition coefficient (Wildman–Crippen LogP) is 4.20. The van der Waals surface area contributed by atoms with Gasteiger partial charge in [-0.2, -0.15) is 0 Å². The number of rotatable bonds is 6. The van der Waals surface area contributed by atoms with Crippen molar-refractivity contribution in [2.24, 2.45) is 5.92 Å². The number of Topliss-reactive ketones (excluding diaryl/α,β-unsaturated/α-hetero) is 1. The third-order valence-electron chi connectivity index (χ3n) is 5.63. The molecule has 4 nitrogen and oxygen atoms in total. The van der Waals surface area contributed by atoms with E-state index in [0.29, 0.717) is 12.5 Å². The standard InChI is InChI=1S/C23H33NO3S/c1-15(2)12-20(22(26)24-11-10-19-21(24)18(25)13-27-19)28-14-16-6-8-17(9-7-16)23(3,4)5/h6-9,15,19-21H,10-14H2,1-5H3/t19-,20?,21-/m1/s1. The first-order valence-electron chi connectivity index (χ1n) is 10.3. The molecule has 1 unspecified atom stereocenters. The minimum Gasteiger partial charge on any atom is -0.368 e. The molecule has 2 aliphatic heterocycles. The molecule has 1 amide bonds. The van der Waals surface area contributed by atoms with E-state index in [1.54, 1.807) is 16.7 Å². The highest BCUT2D eigenvalue weighted by atomic mass is 32.2. The summed E-state index contributed by atoms with van der Waals surface area (Å²) in [6.07, 6.45) is 1.51. The molecule has 1 aromatic carbocycles. The second-order valence-electron chi connectivity index (χ2n) is 9.46. The molecule has 28 heavy (non-hydrogen) atoms. The molecule has 0 N–H and O–H groups in total. The Balaban J connectivity index is 1.67. The number of benzene rings is 1. The fourth-order valence-electron chi connectivity index (χ4n) is 3.99. The van der Waals surface area contributed by atoms with E-state index in [-0.39, 0.29) is 41.1 Å². The van der Waals surface area contributed by atoms with Crippen LogP contribution >= 0.6 is 11.8 Å². The maximum absolute atomic E-state index is 13.3. The lowest BCUT2D eigenvalue weighted by atomic mass is 9.87. The number of carbonyl (C=O) groups excluding carboxylic acids is 2. The molecule has 2 fully saturated rings. The Hall–Kier alpha value is -1.33. The van der Waals surface area contributed by atoms with E-state index >= 15 is 0 Å². The molecule has 2 saturated heterocycles. The summed E-state index contributed by atoms with van der Waals surface area (Å²) in [4.78, 5) is 27.2. The number of nitrogens with zero attached hydrogens (tertiary/aromatic N) is 1. The zero-order valence-electron chi connectivity index (χ0n) is 17.7. The van der Waals surface area contributed by atoms with E-state index in [9.17, 15) is 9.59 Å². The van der Waals surface area contributed by atoms with Gasteiger partial charge in [0.25, 0.3) is 0 Å². The number of fused-ring (bicyclic) bond motifs is 1. The molecule has 2 heterocycles. The highest BCUT2D eigenvalue weighted by Gasteiger charge is 2.47. The summed E-state index contributed by atoms with van der Waals surface area (Å²) in [6.45, 7) is 11.7. The van der Waals surface area contributed by atoms with Gasteiger partial charge in [-0.1, -0.05) is 58.9 Å². The van der Waals surface area contributed by atoms with Gasteiger partial charge in [-0.15, -0.1) is 11.8 Å². The van der Waals surface area contributed by atoms with Gasteiger partial charge in [0.15, 0.2) is 5.78 Å². The highest BCUT2D eigenvalue weighted by Crippen LogP contribution is 2.32. The van der Waals surface area contributed by atoms with Crippen molar-refractivity contribution in [2.75, 3.05) is 13.2 Å². The summed E-state index contributed by atoms with van der Waals surface area (Å²) in [6, 6.07) is 8.37. The summed E-state index contributed by atoms with van der Waals surface area (Å²) in [7, 11) is 0. The summed E-state index contributed by atoms with van der Waals surface area (Å²) < 4.78 is 5.55. The molecular formula is C23H33NO3S. The van der Waals surface area contributed by atoms with Crippen LogP contribution in [0.3, 0.4) is 0 Å². The van der Waals surface area contributed by atoms with E-state index in [4.69, 9.17) is 4.74 Å². The molecule has 3 rings (SSSR count). The lowest BCUT2D eigenvalue weighted by Crippen LogP contribution is -2.46. The minimum absolute atomic E-state index is 0.0573. The van der Waals surface area contributed by atoms with Gasteiger partial charge in [-0.3, -0.25) is 9.59 Å². The van der Waals surface area contributed by atoms with Crippen molar-refractivity contribution in [3.63, 3.8) is 0 Å². The molecule has 0 saturated carbocycles. The first-order valence-corrected chi connectivity index (χ1v) is 11.4. The van der Waals surface area contributed by atoms with Crippen LogP contribution in [0.2, 0.25) is 0 Å². The van der Waals surface area contributed by atoms with E-state index in [1.165, 1.54) is 11.1 Å². The van der Waals surface area contributed by atoms with Crippen LogP contribution in [0.4, 0.5) is 0 Å². The zero-order valence-corrected chi connectivity index (χ0v) is 18.6. The maximum atomic E-state index is 13.3. The lowest BCUT2D eigenvalue weighted by Gasteiger charge is -2.27. The zero-order chi connectivity index (χ0) is 20.5. The highest BCUT2D eigenvalue weighted by molar-refractivity contribution is 7.99. The number of hydrogen-bond acceptors (Lipinski definition) is 4. The van der Waals surface area contributed by atoms with E-state index in [1.807, 2.05) is 0 Å². The van der Waals surface area contributed by atoms with Crippen molar-refractivity contribution in [3.8, 4) is 0 Å². The minimum atomic E-state index is -0.353. The number of amides is 1. The molecular weight excluding hydrogens is 370 g/mol. The van der Waals surface area contributed by atoms with Gasteiger partial charge >= 0.3 is 0 Å². The molecule has 0 aliphatic carbocycles. The van der Waals surface area contributed by atoms with Gasteiger partial charge in [-0.05, 0) is 35.3 Å². The number of hydrogen-bond donors (Lipinski definition) is 0. The Bertz CT molecular complexity index is 708. The number of carbonyl (C=O) groups is 2. The third kappa shape index (κ3) is 4.80. The van der Waals surface area contributed by atoms with Crippen LogP contribution < -0.4 is 0 Å². The van der Waals surface area contributed by atoms with Crippen molar-refractivity contribution in [2.45, 2.75) is 76.0 Å². The number of ether oxygens (including phenoxy) is 1. The molecule has 1 aromatic rings. The fourth-order valence-corrected chi connectivity index (χ4v) is 5.38. The fraction of sp³-hybridized carbons (Fsp3) is 0.652. The van der Waals surface area contributed by atoms with Crippen molar-refractivity contribution >= 4 is 23.5 Å². The average Bonchev–Trinajstić information content (AvgIpc) is 3.20. The molecule has 2 aliphatic rings. The van der Waals surface area contributed by atoms with Crippen molar-refractivity contribution in [3.05, 3.63) is 35.4 Å². The molecule has 0 radical (unpaired) electrons.